The second-order valence-electron chi connectivity index (χ2n) is 11.7. The van der Waals surface area contributed by atoms with Crippen molar-refractivity contribution in [2.75, 3.05) is 41.3 Å². The normalized spacial score (nSPS) is 20.2. The summed E-state index contributed by atoms with van der Waals surface area (Å²) < 4.78 is 28.1. The molecule has 1 aliphatic heterocycles. The summed E-state index contributed by atoms with van der Waals surface area (Å²) in [6.07, 6.45) is 11.2. The highest BCUT2D eigenvalue weighted by Crippen LogP contribution is 2.53. The summed E-state index contributed by atoms with van der Waals surface area (Å²) in [7, 11) is 4.61. The molecule has 0 aromatic heterocycles. The van der Waals surface area contributed by atoms with E-state index in [2.05, 4.69) is 17.8 Å². The maximum Gasteiger partial charge on any atom is 0.238 e. The molecule has 10 nitrogen and oxygen atoms in total. The van der Waals surface area contributed by atoms with Gasteiger partial charge in [-0.25, -0.2) is 5.43 Å². The van der Waals surface area contributed by atoms with Gasteiger partial charge in [0, 0.05) is 25.0 Å². The zero-order chi connectivity index (χ0) is 31.5. The molecule has 2 aliphatic rings. The Morgan fingerprint density at radius 3 is 1.95 bits per heavy atom. The molecule has 4 rings (SSSR count). The number of carbonyl (C=O) groups is 1. The van der Waals surface area contributed by atoms with E-state index in [-0.39, 0.29) is 12.7 Å². The van der Waals surface area contributed by atoms with Gasteiger partial charge >= 0.3 is 0 Å². The zero-order valence-corrected chi connectivity index (χ0v) is 26.7. The van der Waals surface area contributed by atoms with Gasteiger partial charge in [0.15, 0.2) is 23.0 Å². The smallest absolute Gasteiger partial charge is 0.238 e. The van der Waals surface area contributed by atoms with Crippen LogP contribution in [0.25, 0.3) is 0 Å². The summed E-state index contributed by atoms with van der Waals surface area (Å²) in [6, 6.07) is 7.18. The molecular weight excluding hydrogens is 564 g/mol. The maximum atomic E-state index is 13.9. The van der Waals surface area contributed by atoms with Crippen LogP contribution >= 0.6 is 0 Å². The SMILES string of the molecule is CCCCCCCCCCCCNNC(=O)[C@@H]1[C@H](c2cc(OC)c(OC)c(OC)c2)c2cc3c(cc2[C@H](O)[C@H]1CO)OCO3. The van der Waals surface area contributed by atoms with E-state index in [1.165, 1.54) is 72.7 Å². The zero-order valence-electron chi connectivity index (χ0n) is 26.7. The monoisotopic (exact) mass is 614 g/mol. The van der Waals surface area contributed by atoms with Crippen molar-refractivity contribution in [2.45, 2.75) is 83.2 Å². The van der Waals surface area contributed by atoms with Gasteiger partial charge in [-0.1, -0.05) is 64.7 Å². The van der Waals surface area contributed by atoms with Gasteiger partial charge in [0.25, 0.3) is 0 Å². The third kappa shape index (κ3) is 7.71. The number of amides is 1. The van der Waals surface area contributed by atoms with E-state index in [1.807, 2.05) is 18.2 Å². The van der Waals surface area contributed by atoms with Crippen molar-refractivity contribution in [1.29, 1.82) is 0 Å². The highest BCUT2D eigenvalue weighted by Gasteiger charge is 2.47. The molecule has 0 saturated carbocycles. The number of hydrogen-bond acceptors (Lipinski definition) is 9. The number of hydrazine groups is 1. The Morgan fingerprint density at radius 2 is 1.41 bits per heavy atom. The van der Waals surface area contributed by atoms with E-state index in [1.54, 1.807) is 6.07 Å². The second kappa shape index (κ2) is 16.7. The molecule has 1 amide bonds. The molecule has 1 aliphatic carbocycles. The van der Waals surface area contributed by atoms with E-state index in [0.29, 0.717) is 52.0 Å². The molecule has 0 saturated heterocycles. The van der Waals surface area contributed by atoms with E-state index >= 15 is 0 Å². The van der Waals surface area contributed by atoms with Crippen molar-refractivity contribution >= 4 is 5.91 Å². The van der Waals surface area contributed by atoms with Crippen LogP contribution in [0.5, 0.6) is 28.7 Å². The van der Waals surface area contributed by atoms with Crippen LogP contribution < -0.4 is 34.5 Å². The van der Waals surface area contributed by atoms with E-state index < -0.39 is 30.5 Å². The number of unbranched alkanes of at least 4 members (excludes halogenated alkanes) is 9. The second-order valence-corrected chi connectivity index (χ2v) is 11.7. The molecule has 2 aromatic carbocycles. The van der Waals surface area contributed by atoms with Gasteiger partial charge in [0.1, 0.15) is 0 Å². The number of benzene rings is 2. The van der Waals surface area contributed by atoms with Crippen molar-refractivity contribution in [3.05, 3.63) is 41.0 Å². The Balaban J connectivity index is 1.52. The predicted octanol–water partition coefficient (Wildman–Crippen LogP) is 5.39. The quantitative estimate of drug-likeness (QED) is 0.129. The van der Waals surface area contributed by atoms with Crippen LogP contribution in [0.4, 0.5) is 0 Å². The van der Waals surface area contributed by atoms with Gasteiger partial charge in [0.05, 0.1) is 33.4 Å². The number of hydrogen-bond donors (Lipinski definition) is 4. The van der Waals surface area contributed by atoms with E-state index in [9.17, 15) is 15.0 Å². The van der Waals surface area contributed by atoms with Gasteiger partial charge in [-0.05, 0) is 47.4 Å². The largest absolute Gasteiger partial charge is 0.493 e. The molecular formula is C34H50N2O8. The highest BCUT2D eigenvalue weighted by atomic mass is 16.7. The fourth-order valence-electron chi connectivity index (χ4n) is 6.53. The lowest BCUT2D eigenvalue weighted by molar-refractivity contribution is -0.132. The van der Waals surface area contributed by atoms with Crippen LogP contribution in [0.15, 0.2) is 24.3 Å². The van der Waals surface area contributed by atoms with Crippen molar-refractivity contribution in [1.82, 2.24) is 10.9 Å². The standard InChI is InChI=1S/C34H50N2O8/c1-5-6-7-8-9-10-11-12-13-14-15-35-36-34(39)31-25(20-37)32(38)24-19-27-26(43-21-44-27)18-23(24)30(31)22-16-28(40-2)33(42-4)29(17-22)41-3/h16-19,25,30-32,35,37-38H,5-15,20-21H2,1-4H3,(H,36,39)/t25-,30+,31-,32-/m0/s1. The van der Waals surface area contributed by atoms with Crippen LogP contribution in [-0.2, 0) is 4.79 Å². The summed E-state index contributed by atoms with van der Waals surface area (Å²) in [5, 5.41) is 22.0. The summed E-state index contributed by atoms with van der Waals surface area (Å²) in [5.41, 5.74) is 7.96. The van der Waals surface area contributed by atoms with Gasteiger partial charge in [-0.3, -0.25) is 10.2 Å². The Hall–Kier alpha value is -3.21. The molecule has 0 bridgehead atoms. The number of aliphatic hydroxyl groups excluding tert-OH is 2. The minimum atomic E-state index is -1.10. The first-order chi connectivity index (χ1) is 21.5. The van der Waals surface area contributed by atoms with Crippen molar-refractivity contribution in [3.63, 3.8) is 0 Å². The predicted molar refractivity (Wildman–Crippen MR) is 168 cm³/mol. The Labute approximate surface area is 261 Å². The molecule has 0 unspecified atom stereocenters. The lowest BCUT2D eigenvalue weighted by atomic mass is 9.65. The number of nitrogens with one attached hydrogen (secondary N) is 2. The van der Waals surface area contributed by atoms with Gasteiger partial charge < -0.3 is 33.9 Å². The first-order valence-electron chi connectivity index (χ1n) is 16.0. The Morgan fingerprint density at radius 1 is 0.841 bits per heavy atom. The number of aliphatic hydroxyl groups is 2. The van der Waals surface area contributed by atoms with Crippen LogP contribution in [0, 0.1) is 11.8 Å². The van der Waals surface area contributed by atoms with Crippen LogP contribution in [0.2, 0.25) is 0 Å². The molecule has 0 radical (unpaired) electrons. The topological polar surface area (TPSA) is 128 Å². The average molecular weight is 615 g/mol. The average Bonchev–Trinajstić information content (AvgIpc) is 3.51. The minimum absolute atomic E-state index is 0.0688. The molecule has 10 heteroatoms. The molecule has 0 spiro atoms. The lowest BCUT2D eigenvalue weighted by Crippen LogP contribution is -2.49. The number of ether oxygens (including phenoxy) is 5. The van der Waals surface area contributed by atoms with Crippen LogP contribution in [-0.4, -0.2) is 57.4 Å². The lowest BCUT2D eigenvalue weighted by Gasteiger charge is -2.41. The van der Waals surface area contributed by atoms with Gasteiger partial charge in [-0.2, -0.15) is 0 Å². The molecule has 4 atom stereocenters. The first kappa shape index (κ1) is 33.7. The Kier molecular flexibility index (Phi) is 12.8. The summed E-state index contributed by atoms with van der Waals surface area (Å²) in [6.45, 7) is 2.54. The van der Waals surface area contributed by atoms with Crippen LogP contribution in [0.3, 0.4) is 0 Å². The third-order valence-electron chi connectivity index (χ3n) is 8.88. The molecule has 2 aromatic rings. The molecule has 244 valence electrons. The summed E-state index contributed by atoms with van der Waals surface area (Å²) in [5.74, 6) is -0.151. The Bertz CT molecular complexity index is 1200. The fourth-order valence-corrected chi connectivity index (χ4v) is 6.53. The highest BCUT2D eigenvalue weighted by molar-refractivity contribution is 5.81. The first-order valence-corrected chi connectivity index (χ1v) is 16.0. The van der Waals surface area contributed by atoms with Crippen molar-refractivity contribution < 1.29 is 38.7 Å². The van der Waals surface area contributed by atoms with Crippen LogP contribution in [0.1, 0.15) is 99.8 Å². The number of carbonyl (C=O) groups excluding carboxylic acids is 1. The molecule has 1 heterocycles. The van der Waals surface area contributed by atoms with Crippen molar-refractivity contribution in [2.24, 2.45) is 11.8 Å². The minimum Gasteiger partial charge on any atom is -0.493 e. The third-order valence-corrected chi connectivity index (χ3v) is 8.88. The van der Waals surface area contributed by atoms with E-state index in [4.69, 9.17) is 23.7 Å². The van der Waals surface area contributed by atoms with Gasteiger partial charge in [0.2, 0.25) is 18.4 Å². The molecule has 44 heavy (non-hydrogen) atoms. The number of methoxy groups -OCH3 is 3. The summed E-state index contributed by atoms with van der Waals surface area (Å²) >= 11 is 0. The molecule has 0 fully saturated rings. The number of fused-ring (bicyclic) bond motifs is 2. The maximum absolute atomic E-state index is 13.9. The van der Waals surface area contributed by atoms with Crippen molar-refractivity contribution in [3.8, 4) is 28.7 Å². The summed E-state index contributed by atoms with van der Waals surface area (Å²) in [4.78, 5) is 13.9. The van der Waals surface area contributed by atoms with E-state index in [0.717, 1.165) is 12.8 Å². The fraction of sp³-hybridized carbons (Fsp3) is 0.618. The molecule has 4 N–H and O–H groups in total. The number of rotatable bonds is 18. The van der Waals surface area contributed by atoms with Gasteiger partial charge in [-0.15, -0.1) is 0 Å².